The van der Waals surface area contributed by atoms with Crippen LogP contribution in [0.1, 0.15) is 349 Å². The third kappa shape index (κ3) is 52.7. The summed E-state index contributed by atoms with van der Waals surface area (Å²) in [5.41, 5.74) is 0. The molecule has 0 aromatic heterocycles. The molecule has 546 valence electrons. The molecule has 2 rings (SSSR count). The Morgan fingerprint density at radius 1 is 0.380 bits per heavy atom. The Morgan fingerprint density at radius 2 is 0.707 bits per heavy atom. The van der Waals surface area contributed by atoms with Crippen molar-refractivity contribution in [1.29, 1.82) is 0 Å². The SMILES string of the molecule is CCCCCCCCCCCCC(O)CN(CCOCCN(CCN1CCN(CCOCCN(CC(O)CCCCCCCCCCCC)CC(CCCCCCCCCCCC)C2CCC2)CC1)C(=O)CCCC(=O)O)CC(O)CCCCCCCCCCCC. The first-order valence-corrected chi connectivity index (χ1v) is 40.7. The number of carboxylic acids is 1. The summed E-state index contributed by atoms with van der Waals surface area (Å²) in [5.74, 6) is 0.666. The first-order chi connectivity index (χ1) is 45.1. The molecule has 0 aromatic rings. The molecule has 0 aromatic carbocycles. The van der Waals surface area contributed by atoms with Gasteiger partial charge in [-0.1, -0.05) is 304 Å². The number of aliphatic hydroxyl groups excluding tert-OH is 3. The fraction of sp³-hybridized carbons (Fsp3) is 0.975. The maximum Gasteiger partial charge on any atom is 0.303 e. The Bertz CT molecular complexity index is 1540. The molecule has 13 nitrogen and oxygen atoms in total. The zero-order valence-electron chi connectivity index (χ0n) is 61.6. The highest BCUT2D eigenvalue weighted by Crippen LogP contribution is 2.37. The topological polar surface area (TPSA) is 150 Å². The van der Waals surface area contributed by atoms with Gasteiger partial charge < -0.3 is 34.8 Å². The molecule has 13 heteroatoms. The van der Waals surface area contributed by atoms with Crippen LogP contribution in [0.2, 0.25) is 0 Å². The van der Waals surface area contributed by atoms with E-state index in [1.807, 2.05) is 4.90 Å². The highest BCUT2D eigenvalue weighted by Gasteiger charge is 2.29. The van der Waals surface area contributed by atoms with Gasteiger partial charge in [0.25, 0.3) is 0 Å². The molecule has 92 heavy (non-hydrogen) atoms. The van der Waals surface area contributed by atoms with Gasteiger partial charge in [0.15, 0.2) is 0 Å². The Morgan fingerprint density at radius 3 is 1.07 bits per heavy atom. The summed E-state index contributed by atoms with van der Waals surface area (Å²) in [5, 5.41) is 43.2. The summed E-state index contributed by atoms with van der Waals surface area (Å²) >= 11 is 0. The van der Waals surface area contributed by atoms with Gasteiger partial charge in [0.2, 0.25) is 5.91 Å². The van der Waals surface area contributed by atoms with Gasteiger partial charge >= 0.3 is 5.97 Å². The number of rotatable bonds is 72. The molecule has 1 heterocycles. The molecule has 2 aliphatic rings. The van der Waals surface area contributed by atoms with E-state index in [9.17, 15) is 30.0 Å². The number of carbonyl (C=O) groups excluding carboxylic acids is 1. The first-order valence-electron chi connectivity index (χ1n) is 40.7. The van der Waals surface area contributed by atoms with E-state index in [1.54, 1.807) is 0 Å². The summed E-state index contributed by atoms with van der Waals surface area (Å²) in [6, 6.07) is 0. The van der Waals surface area contributed by atoms with Crippen LogP contribution in [-0.2, 0) is 19.1 Å². The summed E-state index contributed by atoms with van der Waals surface area (Å²) in [6.07, 6.45) is 59.6. The molecule has 1 aliphatic heterocycles. The van der Waals surface area contributed by atoms with Crippen molar-refractivity contribution >= 4 is 11.9 Å². The van der Waals surface area contributed by atoms with Gasteiger partial charge in [-0.15, -0.1) is 0 Å². The van der Waals surface area contributed by atoms with E-state index in [0.29, 0.717) is 65.6 Å². The number of aliphatic hydroxyl groups is 3. The fourth-order valence-corrected chi connectivity index (χ4v) is 14.3. The number of carboxylic acid groups (broad SMARTS) is 1. The number of amides is 1. The van der Waals surface area contributed by atoms with Gasteiger partial charge in [-0.05, 0) is 43.9 Å². The van der Waals surface area contributed by atoms with E-state index < -0.39 is 18.2 Å². The van der Waals surface area contributed by atoms with Crippen molar-refractivity contribution in [2.24, 2.45) is 11.8 Å². The highest BCUT2D eigenvalue weighted by atomic mass is 16.5. The van der Waals surface area contributed by atoms with Crippen molar-refractivity contribution in [2.75, 3.05) is 118 Å². The number of carbonyl (C=O) groups is 2. The van der Waals surface area contributed by atoms with Crippen LogP contribution in [0, 0.1) is 11.8 Å². The minimum atomic E-state index is -0.878. The van der Waals surface area contributed by atoms with Crippen LogP contribution >= 0.6 is 0 Å². The molecule has 1 amide bonds. The predicted octanol–water partition coefficient (Wildman–Crippen LogP) is 18.1. The average molecular weight is 1310 g/mol. The molecule has 0 bridgehead atoms. The second-order valence-electron chi connectivity index (χ2n) is 29.4. The molecule has 0 radical (unpaired) electrons. The van der Waals surface area contributed by atoms with Crippen LogP contribution in [0.15, 0.2) is 0 Å². The summed E-state index contributed by atoms with van der Waals surface area (Å²) in [6.45, 7) is 22.2. The van der Waals surface area contributed by atoms with Crippen LogP contribution in [-0.4, -0.2) is 193 Å². The molecule has 4 unspecified atom stereocenters. The fourth-order valence-electron chi connectivity index (χ4n) is 14.3. The number of piperazine rings is 1. The maximum absolute atomic E-state index is 13.6. The van der Waals surface area contributed by atoms with Gasteiger partial charge in [0, 0.05) is 104 Å². The Labute approximate surface area is 570 Å². The zero-order chi connectivity index (χ0) is 66.4. The Hall–Kier alpha value is -1.42. The van der Waals surface area contributed by atoms with Crippen molar-refractivity contribution in [3.8, 4) is 0 Å². The average Bonchev–Trinajstić information content (AvgIpc) is 2.02. The van der Waals surface area contributed by atoms with Gasteiger partial charge in [0.05, 0.1) is 44.7 Å². The third-order valence-electron chi connectivity index (χ3n) is 20.8. The molecule has 1 saturated carbocycles. The molecule has 1 saturated heterocycles. The van der Waals surface area contributed by atoms with Crippen LogP contribution in [0.5, 0.6) is 0 Å². The maximum atomic E-state index is 13.6. The number of unbranched alkanes of at least 4 members (excludes halogenated alkanes) is 36. The molecular formula is C79H157N5O8. The van der Waals surface area contributed by atoms with E-state index >= 15 is 0 Å². The van der Waals surface area contributed by atoms with Crippen LogP contribution in [0.25, 0.3) is 0 Å². The van der Waals surface area contributed by atoms with Gasteiger partial charge in [0.1, 0.15) is 0 Å². The zero-order valence-corrected chi connectivity index (χ0v) is 61.6. The molecule has 4 N–H and O–H groups in total. The van der Waals surface area contributed by atoms with Gasteiger partial charge in [-0.2, -0.15) is 0 Å². The van der Waals surface area contributed by atoms with E-state index in [0.717, 1.165) is 122 Å². The first kappa shape index (κ1) is 86.7. The lowest BCUT2D eigenvalue weighted by molar-refractivity contribution is -0.137. The lowest BCUT2D eigenvalue weighted by Gasteiger charge is -2.38. The molecule has 0 spiro atoms. The summed E-state index contributed by atoms with van der Waals surface area (Å²) in [4.78, 5) is 36.6. The van der Waals surface area contributed by atoms with Crippen molar-refractivity contribution < 1.29 is 39.5 Å². The van der Waals surface area contributed by atoms with E-state index in [4.69, 9.17) is 9.47 Å². The summed E-state index contributed by atoms with van der Waals surface area (Å²) < 4.78 is 12.7. The van der Waals surface area contributed by atoms with Crippen molar-refractivity contribution in [1.82, 2.24) is 24.5 Å². The smallest absolute Gasteiger partial charge is 0.303 e. The number of aliphatic carboxylic acids is 1. The summed E-state index contributed by atoms with van der Waals surface area (Å²) in [7, 11) is 0. The lowest BCUT2D eigenvalue weighted by Crippen LogP contribution is -2.50. The minimum Gasteiger partial charge on any atom is -0.481 e. The van der Waals surface area contributed by atoms with Crippen molar-refractivity contribution in [2.45, 2.75) is 367 Å². The third-order valence-corrected chi connectivity index (χ3v) is 20.8. The van der Waals surface area contributed by atoms with E-state index in [2.05, 4.69) is 47.3 Å². The normalized spacial score (nSPS) is 15.6. The largest absolute Gasteiger partial charge is 0.481 e. The van der Waals surface area contributed by atoms with E-state index in [-0.39, 0.29) is 24.9 Å². The molecule has 2 fully saturated rings. The second-order valence-corrected chi connectivity index (χ2v) is 29.4. The number of hydrogen-bond acceptors (Lipinski definition) is 11. The Balaban J connectivity index is 1.88. The van der Waals surface area contributed by atoms with Gasteiger partial charge in [-0.3, -0.25) is 29.2 Å². The number of hydrogen-bond donors (Lipinski definition) is 4. The standard InChI is InChI=1S/C79H157N5O8/c1-5-9-13-17-21-25-29-33-37-41-47-74(73-48-45-49-73)69-82(70-75(85)50-42-38-34-30-26-22-18-14-10-6-2)62-66-91-65-61-81-57-55-80(56-58-81)59-60-84(78(88)53-46-54-79(89)90)64-68-92-67-63-83(71-76(86)51-43-39-35-31-27-23-19-15-11-7-3)72-77(87)52-44-40-36-32-28-24-20-16-12-8-4/h73-77,85-87H,5-72H2,1-4H3,(H,89,90). The lowest BCUT2D eigenvalue weighted by atomic mass is 9.73. The predicted molar refractivity (Wildman–Crippen MR) is 390 cm³/mol. The second kappa shape index (κ2) is 64.3. The van der Waals surface area contributed by atoms with Crippen LogP contribution in [0.4, 0.5) is 0 Å². The molecular weight excluding hydrogens is 1150 g/mol. The van der Waals surface area contributed by atoms with Crippen LogP contribution < -0.4 is 0 Å². The molecule has 1 aliphatic carbocycles. The monoisotopic (exact) mass is 1300 g/mol. The van der Waals surface area contributed by atoms with E-state index in [1.165, 1.54) is 250 Å². The highest BCUT2D eigenvalue weighted by molar-refractivity contribution is 5.77. The van der Waals surface area contributed by atoms with Crippen molar-refractivity contribution in [3.05, 3.63) is 0 Å². The Kier molecular flexibility index (Phi) is 60.5. The van der Waals surface area contributed by atoms with Crippen LogP contribution in [0.3, 0.4) is 0 Å². The minimum absolute atomic E-state index is 0.0190. The van der Waals surface area contributed by atoms with Crippen molar-refractivity contribution in [3.63, 3.8) is 0 Å². The molecule has 4 atom stereocenters. The number of ether oxygens (including phenoxy) is 2. The quantitative estimate of drug-likeness (QED) is 0.0429. The number of nitrogens with zero attached hydrogens (tertiary/aromatic N) is 5. The van der Waals surface area contributed by atoms with Gasteiger partial charge in [-0.25, -0.2) is 0 Å².